The fourth-order valence-electron chi connectivity index (χ4n) is 1.65. The van der Waals surface area contributed by atoms with E-state index >= 15 is 0 Å². The molecule has 16 heavy (non-hydrogen) atoms. The van der Waals surface area contributed by atoms with E-state index in [0.29, 0.717) is 5.82 Å². The molecule has 0 radical (unpaired) electrons. The summed E-state index contributed by atoms with van der Waals surface area (Å²) in [5.74, 6) is 0.776. The first kappa shape index (κ1) is 9.62. The highest BCUT2D eigenvalue weighted by molar-refractivity contribution is 5.40. The molecule has 2 aromatic heterocycles. The molecule has 0 spiro atoms. The van der Waals surface area contributed by atoms with Gasteiger partial charge in [-0.05, 0) is 25.0 Å². The molecule has 1 saturated carbocycles. The molecule has 0 atom stereocenters. The number of alkyl halides is 3. The highest BCUT2D eigenvalue weighted by Gasteiger charge is 2.35. The normalized spacial score (nSPS) is 16.9. The second-order valence-corrected chi connectivity index (χ2v) is 3.92. The Morgan fingerprint density at radius 3 is 2.62 bits per heavy atom. The third-order valence-electron chi connectivity index (χ3n) is 2.61. The van der Waals surface area contributed by atoms with E-state index in [1.807, 2.05) is 0 Å². The fraction of sp³-hybridized carbons (Fsp3) is 0.400. The van der Waals surface area contributed by atoms with Crippen LogP contribution in [0.15, 0.2) is 18.2 Å². The maximum absolute atomic E-state index is 12.7. The lowest BCUT2D eigenvalue weighted by atomic mass is 10.3. The zero-order chi connectivity index (χ0) is 11.3. The predicted molar refractivity (Wildman–Crippen MR) is 50.0 cm³/mol. The number of hydrogen-bond acceptors (Lipinski definition) is 2. The van der Waals surface area contributed by atoms with Gasteiger partial charge in [0.05, 0.1) is 0 Å². The Morgan fingerprint density at radius 2 is 2.00 bits per heavy atom. The van der Waals surface area contributed by atoms with E-state index in [9.17, 15) is 13.2 Å². The molecule has 0 aliphatic heterocycles. The maximum atomic E-state index is 12.7. The summed E-state index contributed by atoms with van der Waals surface area (Å²) >= 11 is 0. The van der Waals surface area contributed by atoms with Gasteiger partial charge >= 0.3 is 6.18 Å². The van der Waals surface area contributed by atoms with Gasteiger partial charge in [0.25, 0.3) is 0 Å². The molecule has 6 heteroatoms. The predicted octanol–water partition coefficient (Wildman–Crippen LogP) is 2.63. The highest BCUT2D eigenvalue weighted by Crippen LogP contribution is 2.38. The van der Waals surface area contributed by atoms with Crippen LogP contribution in [0.4, 0.5) is 13.2 Å². The Morgan fingerprint density at radius 1 is 1.25 bits per heavy atom. The maximum Gasteiger partial charge on any atom is 0.433 e. The van der Waals surface area contributed by atoms with Crippen LogP contribution in [0.25, 0.3) is 5.65 Å². The van der Waals surface area contributed by atoms with Gasteiger partial charge in [-0.3, -0.25) is 0 Å². The number of pyridine rings is 1. The third kappa shape index (κ3) is 1.45. The van der Waals surface area contributed by atoms with Crippen LogP contribution in [-0.2, 0) is 6.18 Å². The minimum Gasteiger partial charge on any atom is -0.212 e. The van der Waals surface area contributed by atoms with Crippen molar-refractivity contribution in [3.63, 3.8) is 0 Å². The molecule has 1 aliphatic carbocycles. The lowest BCUT2D eigenvalue weighted by Gasteiger charge is -2.06. The summed E-state index contributed by atoms with van der Waals surface area (Å²) in [6.45, 7) is 0. The molecule has 2 heterocycles. The van der Waals surface area contributed by atoms with Crippen LogP contribution in [-0.4, -0.2) is 14.6 Å². The summed E-state index contributed by atoms with van der Waals surface area (Å²) in [5.41, 5.74) is -0.513. The smallest absolute Gasteiger partial charge is 0.212 e. The fourth-order valence-corrected chi connectivity index (χ4v) is 1.65. The highest BCUT2D eigenvalue weighted by atomic mass is 19.4. The Balaban J connectivity index is 2.21. The van der Waals surface area contributed by atoms with Crippen molar-refractivity contribution in [2.75, 3.05) is 0 Å². The topological polar surface area (TPSA) is 30.2 Å². The van der Waals surface area contributed by atoms with Crippen molar-refractivity contribution in [1.29, 1.82) is 0 Å². The summed E-state index contributed by atoms with van der Waals surface area (Å²) in [5, 5.41) is 3.93. The summed E-state index contributed by atoms with van der Waals surface area (Å²) in [4.78, 5) is 4.10. The molecular formula is C10H8F3N3. The molecule has 2 aromatic rings. The van der Waals surface area contributed by atoms with Crippen molar-refractivity contribution in [2.45, 2.75) is 24.9 Å². The van der Waals surface area contributed by atoms with E-state index in [1.54, 1.807) is 0 Å². The van der Waals surface area contributed by atoms with Crippen molar-refractivity contribution in [3.8, 4) is 0 Å². The second-order valence-electron chi connectivity index (χ2n) is 3.92. The molecule has 3 rings (SSSR count). The van der Waals surface area contributed by atoms with E-state index in [0.717, 1.165) is 23.4 Å². The number of fused-ring (bicyclic) bond motifs is 1. The van der Waals surface area contributed by atoms with Gasteiger partial charge in [-0.25, -0.2) is 9.50 Å². The lowest BCUT2D eigenvalue weighted by Crippen LogP contribution is -2.12. The Hall–Kier alpha value is -1.59. The van der Waals surface area contributed by atoms with E-state index in [1.165, 1.54) is 12.1 Å². The molecule has 0 N–H and O–H groups in total. The van der Waals surface area contributed by atoms with Gasteiger partial charge in [0, 0.05) is 5.92 Å². The van der Waals surface area contributed by atoms with Gasteiger partial charge < -0.3 is 0 Å². The molecule has 0 saturated heterocycles. The first-order valence-electron chi connectivity index (χ1n) is 4.98. The van der Waals surface area contributed by atoms with E-state index in [-0.39, 0.29) is 11.6 Å². The Labute approximate surface area is 88.9 Å². The number of rotatable bonds is 1. The number of aromatic nitrogens is 3. The number of halogens is 3. The molecule has 1 fully saturated rings. The molecular weight excluding hydrogens is 219 g/mol. The van der Waals surface area contributed by atoms with Crippen LogP contribution in [0.5, 0.6) is 0 Å². The van der Waals surface area contributed by atoms with Gasteiger partial charge in [0.15, 0.2) is 11.5 Å². The molecule has 0 unspecified atom stereocenters. The van der Waals surface area contributed by atoms with Gasteiger partial charge in [-0.2, -0.15) is 18.3 Å². The van der Waals surface area contributed by atoms with Crippen LogP contribution >= 0.6 is 0 Å². The summed E-state index contributed by atoms with van der Waals surface area (Å²) in [6.07, 6.45) is -2.45. The van der Waals surface area contributed by atoms with Gasteiger partial charge in [-0.15, -0.1) is 0 Å². The van der Waals surface area contributed by atoms with Gasteiger partial charge in [-0.1, -0.05) is 6.07 Å². The summed E-state index contributed by atoms with van der Waals surface area (Å²) in [6, 6.07) is 3.90. The summed E-state index contributed by atoms with van der Waals surface area (Å²) < 4.78 is 38.8. The lowest BCUT2D eigenvalue weighted by molar-refractivity contribution is -0.142. The standard InChI is InChI=1S/C10H8F3N3/c11-10(12,13)7-2-1-3-8-14-9(6-4-5-6)15-16(7)8/h1-3,6H,4-5H2. The first-order chi connectivity index (χ1) is 7.55. The molecule has 1 aliphatic rings. The average Bonchev–Trinajstić information content (AvgIpc) is 2.95. The largest absolute Gasteiger partial charge is 0.433 e. The van der Waals surface area contributed by atoms with Crippen molar-refractivity contribution in [3.05, 3.63) is 29.7 Å². The molecule has 0 aromatic carbocycles. The zero-order valence-electron chi connectivity index (χ0n) is 8.20. The molecule has 3 nitrogen and oxygen atoms in total. The molecule has 0 amide bonds. The summed E-state index contributed by atoms with van der Waals surface area (Å²) in [7, 11) is 0. The van der Waals surface area contributed by atoms with Crippen molar-refractivity contribution in [2.24, 2.45) is 0 Å². The van der Waals surface area contributed by atoms with Crippen molar-refractivity contribution >= 4 is 5.65 Å². The quantitative estimate of drug-likeness (QED) is 0.749. The minimum atomic E-state index is -4.39. The second kappa shape index (κ2) is 2.96. The van der Waals surface area contributed by atoms with Crippen LogP contribution < -0.4 is 0 Å². The van der Waals surface area contributed by atoms with Crippen LogP contribution in [0.1, 0.15) is 30.3 Å². The van der Waals surface area contributed by atoms with Crippen LogP contribution in [0, 0.1) is 0 Å². The zero-order valence-corrected chi connectivity index (χ0v) is 8.20. The molecule has 0 bridgehead atoms. The van der Waals surface area contributed by atoms with E-state index in [4.69, 9.17) is 0 Å². The third-order valence-corrected chi connectivity index (χ3v) is 2.61. The average molecular weight is 227 g/mol. The minimum absolute atomic E-state index is 0.251. The molecule has 84 valence electrons. The van der Waals surface area contributed by atoms with E-state index in [2.05, 4.69) is 10.1 Å². The van der Waals surface area contributed by atoms with Crippen molar-refractivity contribution in [1.82, 2.24) is 14.6 Å². The van der Waals surface area contributed by atoms with Gasteiger partial charge in [0.1, 0.15) is 5.69 Å². The monoisotopic (exact) mass is 227 g/mol. The Kier molecular flexibility index (Phi) is 1.78. The number of nitrogens with zero attached hydrogens (tertiary/aromatic N) is 3. The van der Waals surface area contributed by atoms with E-state index < -0.39 is 11.9 Å². The van der Waals surface area contributed by atoms with Crippen LogP contribution in [0.3, 0.4) is 0 Å². The Bertz CT molecular complexity index is 540. The van der Waals surface area contributed by atoms with Crippen LogP contribution in [0.2, 0.25) is 0 Å². The first-order valence-corrected chi connectivity index (χ1v) is 4.98. The SMILES string of the molecule is FC(F)(F)c1cccc2nc(C3CC3)nn12. The van der Waals surface area contributed by atoms with Gasteiger partial charge in [0.2, 0.25) is 0 Å². The number of hydrogen-bond donors (Lipinski definition) is 0. The van der Waals surface area contributed by atoms with Crippen molar-refractivity contribution < 1.29 is 13.2 Å².